The molecule has 0 atom stereocenters. The van der Waals surface area contributed by atoms with Crippen LogP contribution in [0.4, 0.5) is 5.13 Å². The van der Waals surface area contributed by atoms with Crippen LogP contribution in [0.2, 0.25) is 0 Å². The van der Waals surface area contributed by atoms with E-state index in [0.717, 1.165) is 28.9 Å². The maximum Gasteiger partial charge on any atom is 0.205 e. The Morgan fingerprint density at radius 3 is 2.89 bits per heavy atom. The van der Waals surface area contributed by atoms with Gasteiger partial charge in [-0.25, -0.2) is 0 Å². The summed E-state index contributed by atoms with van der Waals surface area (Å²) in [6, 6.07) is 8.00. The number of nitrogens with zero attached hydrogens (tertiary/aromatic N) is 2. The van der Waals surface area contributed by atoms with E-state index in [1.54, 1.807) is 18.4 Å². The number of nitrogens with one attached hydrogen (secondary N) is 1. The Kier molecular flexibility index (Phi) is 4.74. The zero-order valence-electron chi connectivity index (χ0n) is 11.5. The zero-order chi connectivity index (χ0) is 13.7. The summed E-state index contributed by atoms with van der Waals surface area (Å²) >= 11 is 1.63. The second-order valence-corrected chi connectivity index (χ2v) is 5.87. The molecule has 0 amide bonds. The van der Waals surface area contributed by atoms with Crippen molar-refractivity contribution in [2.45, 2.75) is 26.8 Å². The van der Waals surface area contributed by atoms with Crippen molar-refractivity contribution in [3.63, 3.8) is 0 Å². The maximum atomic E-state index is 5.20. The van der Waals surface area contributed by atoms with Gasteiger partial charge in [0.05, 0.1) is 7.11 Å². The standard InChI is InChI=1S/C14H19N3OS/c1-10(2)7-13-16-17-14(19-13)15-9-11-5-4-6-12(8-11)18-3/h4-6,8,10H,7,9H2,1-3H3,(H,15,17). The van der Waals surface area contributed by atoms with Crippen molar-refractivity contribution in [1.82, 2.24) is 10.2 Å². The number of ether oxygens (including phenoxy) is 1. The van der Waals surface area contributed by atoms with Gasteiger partial charge in [-0.1, -0.05) is 37.3 Å². The fourth-order valence-corrected chi connectivity index (χ4v) is 2.66. The van der Waals surface area contributed by atoms with Crippen molar-refractivity contribution < 1.29 is 4.74 Å². The number of anilines is 1. The van der Waals surface area contributed by atoms with E-state index in [2.05, 4.69) is 35.4 Å². The van der Waals surface area contributed by atoms with Crippen LogP contribution in [0.3, 0.4) is 0 Å². The fraction of sp³-hybridized carbons (Fsp3) is 0.429. The lowest BCUT2D eigenvalue weighted by atomic mass is 10.1. The topological polar surface area (TPSA) is 47.0 Å². The van der Waals surface area contributed by atoms with Crippen LogP contribution in [0, 0.1) is 5.92 Å². The van der Waals surface area contributed by atoms with Crippen molar-refractivity contribution in [2.24, 2.45) is 5.92 Å². The quantitative estimate of drug-likeness (QED) is 0.879. The lowest BCUT2D eigenvalue weighted by Gasteiger charge is -2.04. The molecule has 1 aromatic heterocycles. The molecule has 0 aliphatic carbocycles. The molecule has 0 unspecified atom stereocenters. The minimum absolute atomic E-state index is 0.610. The lowest BCUT2D eigenvalue weighted by molar-refractivity contribution is 0.414. The molecule has 5 heteroatoms. The first kappa shape index (κ1) is 13.8. The number of benzene rings is 1. The summed E-state index contributed by atoms with van der Waals surface area (Å²) < 4.78 is 5.20. The third-order valence-electron chi connectivity index (χ3n) is 2.63. The van der Waals surface area contributed by atoms with Crippen LogP contribution < -0.4 is 10.1 Å². The Morgan fingerprint density at radius 1 is 1.32 bits per heavy atom. The summed E-state index contributed by atoms with van der Waals surface area (Å²) in [4.78, 5) is 0. The molecule has 0 aliphatic heterocycles. The normalized spacial score (nSPS) is 10.7. The van der Waals surface area contributed by atoms with Gasteiger partial charge in [-0.3, -0.25) is 0 Å². The first-order valence-electron chi connectivity index (χ1n) is 6.36. The van der Waals surface area contributed by atoms with Gasteiger partial charge in [-0.05, 0) is 23.6 Å². The summed E-state index contributed by atoms with van der Waals surface area (Å²) in [6.45, 7) is 5.10. The van der Waals surface area contributed by atoms with Gasteiger partial charge in [-0.15, -0.1) is 10.2 Å². The first-order chi connectivity index (χ1) is 9.17. The Hall–Kier alpha value is -1.62. The van der Waals surface area contributed by atoms with Crippen LogP contribution >= 0.6 is 11.3 Å². The second kappa shape index (κ2) is 6.52. The van der Waals surface area contributed by atoms with Gasteiger partial charge in [0.2, 0.25) is 5.13 Å². The third-order valence-corrected chi connectivity index (χ3v) is 3.53. The Bertz CT molecular complexity index is 525. The molecule has 0 aliphatic rings. The van der Waals surface area contributed by atoms with E-state index in [-0.39, 0.29) is 0 Å². The van der Waals surface area contributed by atoms with E-state index in [1.807, 2.05) is 18.2 Å². The van der Waals surface area contributed by atoms with Crippen LogP contribution in [0.15, 0.2) is 24.3 Å². The second-order valence-electron chi connectivity index (χ2n) is 4.80. The predicted molar refractivity (Wildman–Crippen MR) is 78.8 cm³/mol. The maximum absolute atomic E-state index is 5.20. The molecular weight excluding hydrogens is 258 g/mol. The number of rotatable bonds is 6. The smallest absolute Gasteiger partial charge is 0.205 e. The van der Waals surface area contributed by atoms with E-state index < -0.39 is 0 Å². The van der Waals surface area contributed by atoms with Gasteiger partial charge in [-0.2, -0.15) is 0 Å². The van der Waals surface area contributed by atoms with Crippen molar-refractivity contribution in [2.75, 3.05) is 12.4 Å². The monoisotopic (exact) mass is 277 g/mol. The van der Waals surface area contributed by atoms with Crippen molar-refractivity contribution in [1.29, 1.82) is 0 Å². The molecule has 0 spiro atoms. The highest BCUT2D eigenvalue weighted by Gasteiger charge is 2.06. The molecule has 4 nitrogen and oxygen atoms in total. The van der Waals surface area contributed by atoms with Crippen LogP contribution in [-0.2, 0) is 13.0 Å². The molecule has 19 heavy (non-hydrogen) atoms. The molecular formula is C14H19N3OS. The van der Waals surface area contributed by atoms with Gasteiger partial charge < -0.3 is 10.1 Å². The van der Waals surface area contributed by atoms with Gasteiger partial charge >= 0.3 is 0 Å². The summed E-state index contributed by atoms with van der Waals surface area (Å²) in [6.07, 6.45) is 0.985. The van der Waals surface area contributed by atoms with Gasteiger partial charge in [0.25, 0.3) is 0 Å². The summed E-state index contributed by atoms with van der Waals surface area (Å²) in [5.74, 6) is 1.48. The first-order valence-corrected chi connectivity index (χ1v) is 7.18. The molecule has 102 valence electrons. The molecule has 0 bridgehead atoms. The molecule has 0 saturated heterocycles. The predicted octanol–water partition coefficient (Wildman–Crippen LogP) is 3.36. The van der Waals surface area contributed by atoms with E-state index >= 15 is 0 Å². The molecule has 1 aromatic carbocycles. The summed E-state index contributed by atoms with van der Waals surface area (Å²) in [7, 11) is 1.68. The van der Waals surface area contributed by atoms with Gasteiger partial charge in [0.1, 0.15) is 10.8 Å². The molecule has 0 radical (unpaired) electrons. The Labute approximate surface area is 117 Å². The SMILES string of the molecule is COc1cccc(CNc2nnc(CC(C)C)s2)c1. The third kappa shape index (κ3) is 4.21. The minimum atomic E-state index is 0.610. The van der Waals surface area contributed by atoms with E-state index in [4.69, 9.17) is 4.74 Å². The van der Waals surface area contributed by atoms with Crippen LogP contribution in [0.5, 0.6) is 5.75 Å². The number of hydrogen-bond donors (Lipinski definition) is 1. The fourth-order valence-electron chi connectivity index (χ4n) is 1.72. The molecule has 1 N–H and O–H groups in total. The molecule has 2 aromatic rings. The highest BCUT2D eigenvalue weighted by molar-refractivity contribution is 7.15. The van der Waals surface area contributed by atoms with Crippen molar-refractivity contribution in [3.05, 3.63) is 34.8 Å². The zero-order valence-corrected chi connectivity index (χ0v) is 12.3. The average molecular weight is 277 g/mol. The molecule has 0 fully saturated rings. The number of aromatic nitrogens is 2. The minimum Gasteiger partial charge on any atom is -0.497 e. The summed E-state index contributed by atoms with van der Waals surface area (Å²) in [5.41, 5.74) is 1.17. The highest BCUT2D eigenvalue weighted by atomic mass is 32.1. The molecule has 0 saturated carbocycles. The van der Waals surface area contributed by atoms with Crippen LogP contribution in [0.1, 0.15) is 24.4 Å². The Balaban J connectivity index is 1.92. The molecule has 1 heterocycles. The highest BCUT2D eigenvalue weighted by Crippen LogP contribution is 2.19. The van der Waals surface area contributed by atoms with E-state index in [9.17, 15) is 0 Å². The van der Waals surface area contributed by atoms with E-state index in [1.165, 1.54) is 5.56 Å². The Morgan fingerprint density at radius 2 is 2.16 bits per heavy atom. The van der Waals surface area contributed by atoms with Crippen molar-refractivity contribution in [3.8, 4) is 5.75 Å². The number of methoxy groups -OCH3 is 1. The summed E-state index contributed by atoms with van der Waals surface area (Å²) in [5, 5.41) is 13.6. The average Bonchev–Trinajstić information content (AvgIpc) is 2.83. The molecule has 2 rings (SSSR count). The van der Waals surface area contributed by atoms with Crippen LogP contribution in [-0.4, -0.2) is 17.3 Å². The lowest BCUT2D eigenvalue weighted by Crippen LogP contribution is -1.99. The number of hydrogen-bond acceptors (Lipinski definition) is 5. The van der Waals surface area contributed by atoms with Gasteiger partial charge in [0, 0.05) is 13.0 Å². The largest absolute Gasteiger partial charge is 0.497 e. The van der Waals surface area contributed by atoms with Crippen molar-refractivity contribution >= 4 is 16.5 Å². The van der Waals surface area contributed by atoms with Gasteiger partial charge in [0.15, 0.2) is 0 Å². The van der Waals surface area contributed by atoms with E-state index in [0.29, 0.717) is 5.92 Å². The van der Waals surface area contributed by atoms with Crippen LogP contribution in [0.25, 0.3) is 0 Å².